The third-order valence-corrected chi connectivity index (χ3v) is 3.58. The minimum atomic E-state index is 0.0926. The molecule has 90 valence electrons. The topological polar surface area (TPSA) is 38.9 Å². The van der Waals surface area contributed by atoms with Crippen molar-refractivity contribution >= 4 is 22.9 Å². The fourth-order valence-corrected chi connectivity index (χ4v) is 2.65. The van der Waals surface area contributed by atoms with Crippen molar-refractivity contribution in [3.05, 3.63) is 50.9 Å². The van der Waals surface area contributed by atoms with Crippen LogP contribution in [0.15, 0.2) is 29.6 Å². The second-order valence-electron chi connectivity index (χ2n) is 4.16. The van der Waals surface area contributed by atoms with Gasteiger partial charge >= 0.3 is 0 Å². The molecule has 2 N–H and O–H groups in total. The quantitative estimate of drug-likeness (QED) is 0.923. The normalized spacial score (nSPS) is 12.6. The fourth-order valence-electron chi connectivity index (χ4n) is 1.81. The van der Waals surface area contributed by atoms with Crippen LogP contribution in [0.2, 0.25) is 5.02 Å². The summed E-state index contributed by atoms with van der Waals surface area (Å²) in [6, 6.07) is 7.94. The summed E-state index contributed by atoms with van der Waals surface area (Å²) in [4.78, 5) is 4.42. The van der Waals surface area contributed by atoms with Crippen LogP contribution >= 0.6 is 22.9 Å². The fraction of sp³-hybridized carbons (Fsp3) is 0.308. The number of aryl methyl sites for hydroxylation is 1. The first kappa shape index (κ1) is 12.6. The summed E-state index contributed by atoms with van der Waals surface area (Å²) in [6.07, 6.45) is 1.65. The van der Waals surface area contributed by atoms with Crippen molar-refractivity contribution in [2.75, 3.05) is 0 Å². The van der Waals surface area contributed by atoms with Gasteiger partial charge in [-0.1, -0.05) is 23.7 Å². The zero-order valence-corrected chi connectivity index (χ0v) is 11.3. The zero-order chi connectivity index (χ0) is 12.3. The summed E-state index contributed by atoms with van der Waals surface area (Å²) in [7, 11) is 0. The summed E-state index contributed by atoms with van der Waals surface area (Å²) in [5.41, 5.74) is 8.38. The SMILES string of the molecule is Cc1nc(CC(N)Cc2cccc(Cl)c2)cs1. The molecule has 0 fully saturated rings. The molecular formula is C13H15ClN2S. The Morgan fingerprint density at radius 3 is 2.88 bits per heavy atom. The lowest BCUT2D eigenvalue weighted by Gasteiger charge is -2.10. The molecule has 2 nitrogen and oxygen atoms in total. The molecule has 1 aromatic carbocycles. The second-order valence-corrected chi connectivity index (χ2v) is 5.65. The number of hydrogen-bond donors (Lipinski definition) is 1. The van der Waals surface area contributed by atoms with Gasteiger partial charge in [-0.2, -0.15) is 0 Å². The van der Waals surface area contributed by atoms with E-state index in [0.717, 1.165) is 28.6 Å². The van der Waals surface area contributed by atoms with Gasteiger partial charge in [0.15, 0.2) is 0 Å². The van der Waals surface area contributed by atoms with Crippen molar-refractivity contribution in [2.45, 2.75) is 25.8 Å². The number of nitrogens with two attached hydrogens (primary N) is 1. The molecule has 0 aliphatic heterocycles. The van der Waals surface area contributed by atoms with Gasteiger partial charge in [0.25, 0.3) is 0 Å². The summed E-state index contributed by atoms with van der Waals surface area (Å²) in [5.74, 6) is 0. The molecule has 17 heavy (non-hydrogen) atoms. The van der Waals surface area contributed by atoms with E-state index in [1.165, 1.54) is 5.56 Å². The highest BCUT2D eigenvalue weighted by molar-refractivity contribution is 7.09. The van der Waals surface area contributed by atoms with E-state index in [0.29, 0.717) is 0 Å². The Morgan fingerprint density at radius 1 is 1.41 bits per heavy atom. The second kappa shape index (κ2) is 5.63. The first-order valence-electron chi connectivity index (χ1n) is 5.54. The average molecular weight is 267 g/mol. The first-order valence-corrected chi connectivity index (χ1v) is 6.80. The van der Waals surface area contributed by atoms with E-state index >= 15 is 0 Å². The molecule has 0 spiro atoms. The van der Waals surface area contributed by atoms with E-state index < -0.39 is 0 Å². The van der Waals surface area contributed by atoms with Gasteiger partial charge in [0.1, 0.15) is 0 Å². The minimum Gasteiger partial charge on any atom is -0.327 e. The Labute approximate surface area is 110 Å². The number of benzene rings is 1. The largest absolute Gasteiger partial charge is 0.327 e. The molecule has 4 heteroatoms. The first-order chi connectivity index (χ1) is 8.13. The number of rotatable bonds is 4. The van der Waals surface area contributed by atoms with Gasteiger partial charge in [-0.25, -0.2) is 4.98 Å². The molecule has 0 saturated carbocycles. The van der Waals surface area contributed by atoms with Crippen LogP contribution < -0.4 is 5.73 Å². The van der Waals surface area contributed by atoms with E-state index in [-0.39, 0.29) is 6.04 Å². The van der Waals surface area contributed by atoms with E-state index in [1.54, 1.807) is 11.3 Å². The molecule has 0 bridgehead atoms. The monoisotopic (exact) mass is 266 g/mol. The number of nitrogens with zero attached hydrogens (tertiary/aromatic N) is 1. The average Bonchev–Trinajstić information content (AvgIpc) is 2.63. The molecule has 0 saturated heterocycles. The predicted molar refractivity (Wildman–Crippen MR) is 73.7 cm³/mol. The number of aromatic nitrogens is 1. The van der Waals surface area contributed by atoms with Crippen LogP contribution in [0.1, 0.15) is 16.3 Å². The summed E-state index contributed by atoms with van der Waals surface area (Å²) >= 11 is 7.61. The van der Waals surface area contributed by atoms with Crippen LogP contribution in [-0.2, 0) is 12.8 Å². The summed E-state index contributed by atoms with van der Waals surface area (Å²) in [5, 5.41) is 3.93. The lowest BCUT2D eigenvalue weighted by Crippen LogP contribution is -2.25. The van der Waals surface area contributed by atoms with Crippen LogP contribution in [0.3, 0.4) is 0 Å². The third kappa shape index (κ3) is 3.80. The van der Waals surface area contributed by atoms with Crippen molar-refractivity contribution in [1.82, 2.24) is 4.98 Å². The van der Waals surface area contributed by atoms with Crippen LogP contribution in [-0.4, -0.2) is 11.0 Å². The van der Waals surface area contributed by atoms with Gasteiger partial charge in [-0.05, 0) is 31.0 Å². The maximum absolute atomic E-state index is 6.12. The van der Waals surface area contributed by atoms with Gasteiger partial charge < -0.3 is 5.73 Å². The van der Waals surface area contributed by atoms with E-state index in [9.17, 15) is 0 Å². The highest BCUT2D eigenvalue weighted by Crippen LogP contribution is 2.14. The lowest BCUT2D eigenvalue weighted by atomic mass is 10.0. The molecule has 2 rings (SSSR count). The number of thiazole rings is 1. The smallest absolute Gasteiger partial charge is 0.0897 e. The highest BCUT2D eigenvalue weighted by atomic mass is 35.5. The standard InChI is InChI=1S/C13H15ClN2S/c1-9-16-13(8-17-9)7-12(15)6-10-3-2-4-11(14)5-10/h2-5,8,12H,6-7,15H2,1H3. The molecule has 0 aliphatic carbocycles. The molecule has 1 unspecified atom stereocenters. The van der Waals surface area contributed by atoms with Crippen LogP contribution in [0, 0.1) is 6.92 Å². The van der Waals surface area contributed by atoms with Gasteiger partial charge in [0, 0.05) is 22.9 Å². The maximum atomic E-state index is 6.12. The van der Waals surface area contributed by atoms with E-state index in [1.807, 2.05) is 25.1 Å². The Balaban J connectivity index is 1.95. The van der Waals surface area contributed by atoms with Gasteiger partial charge in [0.05, 0.1) is 10.7 Å². The van der Waals surface area contributed by atoms with Crippen molar-refractivity contribution < 1.29 is 0 Å². The van der Waals surface area contributed by atoms with Crippen molar-refractivity contribution in [3.8, 4) is 0 Å². The number of hydrogen-bond acceptors (Lipinski definition) is 3. The van der Waals surface area contributed by atoms with Crippen LogP contribution in [0.25, 0.3) is 0 Å². The van der Waals surface area contributed by atoms with Gasteiger partial charge in [-0.3, -0.25) is 0 Å². The molecule has 1 atom stereocenters. The Hall–Kier alpha value is -0.900. The van der Waals surface area contributed by atoms with E-state index in [4.69, 9.17) is 17.3 Å². The molecule has 1 heterocycles. The highest BCUT2D eigenvalue weighted by Gasteiger charge is 2.08. The zero-order valence-electron chi connectivity index (χ0n) is 9.69. The van der Waals surface area contributed by atoms with Gasteiger partial charge in [-0.15, -0.1) is 11.3 Å². The predicted octanol–water partition coefficient (Wildman–Crippen LogP) is 3.22. The minimum absolute atomic E-state index is 0.0926. The third-order valence-electron chi connectivity index (χ3n) is 2.52. The Morgan fingerprint density at radius 2 is 2.24 bits per heavy atom. The number of halogens is 1. The van der Waals surface area contributed by atoms with Crippen molar-refractivity contribution in [1.29, 1.82) is 0 Å². The Kier molecular flexibility index (Phi) is 4.15. The Bertz CT molecular complexity index is 496. The molecule has 0 amide bonds. The molecule has 2 aromatic rings. The summed E-state index contributed by atoms with van der Waals surface area (Å²) in [6.45, 7) is 2.01. The van der Waals surface area contributed by atoms with Crippen molar-refractivity contribution in [3.63, 3.8) is 0 Å². The van der Waals surface area contributed by atoms with Crippen molar-refractivity contribution in [2.24, 2.45) is 5.73 Å². The molecule has 1 aromatic heterocycles. The molecule has 0 radical (unpaired) electrons. The lowest BCUT2D eigenvalue weighted by molar-refractivity contribution is 0.656. The van der Waals surface area contributed by atoms with Crippen LogP contribution in [0.4, 0.5) is 0 Å². The summed E-state index contributed by atoms with van der Waals surface area (Å²) < 4.78 is 0. The van der Waals surface area contributed by atoms with E-state index in [2.05, 4.69) is 16.4 Å². The maximum Gasteiger partial charge on any atom is 0.0897 e. The molecular weight excluding hydrogens is 252 g/mol. The van der Waals surface area contributed by atoms with Crippen LogP contribution in [0.5, 0.6) is 0 Å². The van der Waals surface area contributed by atoms with Gasteiger partial charge in [0.2, 0.25) is 0 Å². The molecule has 0 aliphatic rings.